The van der Waals surface area contributed by atoms with E-state index in [4.69, 9.17) is 9.84 Å². The van der Waals surface area contributed by atoms with Gasteiger partial charge in [0.05, 0.1) is 24.9 Å². The molecule has 1 aliphatic heterocycles. The van der Waals surface area contributed by atoms with Crippen molar-refractivity contribution in [2.24, 2.45) is 11.3 Å². The van der Waals surface area contributed by atoms with Gasteiger partial charge in [0.1, 0.15) is 6.10 Å². The molecular formula is C11H22O4. The average Bonchev–Trinajstić information content (AvgIpc) is 2.13. The SMILES string of the molecule is C[C@@H]1[C@@H](O)[C@H](C(C)(C)C)O[C@H](CO)[C@H]1O. The molecule has 0 unspecified atom stereocenters. The molecule has 0 bridgehead atoms. The molecule has 0 aromatic rings. The van der Waals surface area contributed by atoms with Gasteiger partial charge in [-0.3, -0.25) is 0 Å². The number of aliphatic hydroxyl groups excluding tert-OH is 3. The Morgan fingerprint density at radius 2 is 1.67 bits per heavy atom. The monoisotopic (exact) mass is 218 g/mol. The van der Waals surface area contributed by atoms with Crippen molar-refractivity contribution in [2.75, 3.05) is 6.61 Å². The zero-order chi connectivity index (χ0) is 11.8. The van der Waals surface area contributed by atoms with E-state index in [1.807, 2.05) is 20.8 Å². The van der Waals surface area contributed by atoms with E-state index in [2.05, 4.69) is 0 Å². The number of ether oxygens (including phenoxy) is 1. The van der Waals surface area contributed by atoms with Crippen molar-refractivity contribution in [3.8, 4) is 0 Å². The molecule has 1 fully saturated rings. The predicted molar refractivity (Wildman–Crippen MR) is 56.4 cm³/mol. The normalized spacial score (nSPS) is 43.0. The van der Waals surface area contributed by atoms with E-state index < -0.39 is 18.3 Å². The van der Waals surface area contributed by atoms with Crippen LogP contribution in [0.15, 0.2) is 0 Å². The molecule has 0 aliphatic carbocycles. The third-order valence-electron chi connectivity index (χ3n) is 3.12. The molecule has 0 aromatic carbocycles. The largest absolute Gasteiger partial charge is 0.394 e. The Balaban J connectivity index is 2.83. The lowest BCUT2D eigenvalue weighted by atomic mass is 9.77. The van der Waals surface area contributed by atoms with Gasteiger partial charge in [-0.15, -0.1) is 0 Å². The summed E-state index contributed by atoms with van der Waals surface area (Å²) >= 11 is 0. The molecule has 0 radical (unpaired) electrons. The zero-order valence-corrected chi connectivity index (χ0v) is 9.84. The van der Waals surface area contributed by atoms with Gasteiger partial charge < -0.3 is 20.1 Å². The number of rotatable bonds is 1. The summed E-state index contributed by atoms with van der Waals surface area (Å²) in [6.45, 7) is 7.48. The van der Waals surface area contributed by atoms with Crippen molar-refractivity contribution < 1.29 is 20.1 Å². The Kier molecular flexibility index (Phi) is 3.76. The second kappa shape index (κ2) is 4.37. The van der Waals surface area contributed by atoms with Crippen molar-refractivity contribution in [1.82, 2.24) is 0 Å². The Labute approximate surface area is 90.9 Å². The summed E-state index contributed by atoms with van der Waals surface area (Å²) in [6.07, 6.45) is -2.44. The van der Waals surface area contributed by atoms with Crippen LogP contribution in [0.5, 0.6) is 0 Å². The highest BCUT2D eigenvalue weighted by Gasteiger charge is 2.46. The molecule has 1 aliphatic rings. The van der Waals surface area contributed by atoms with Crippen molar-refractivity contribution in [3.05, 3.63) is 0 Å². The van der Waals surface area contributed by atoms with Gasteiger partial charge in [-0.2, -0.15) is 0 Å². The molecule has 1 rings (SSSR count). The fraction of sp³-hybridized carbons (Fsp3) is 1.00. The molecule has 90 valence electrons. The predicted octanol–water partition coefficient (Wildman–Crippen LogP) is 0.150. The first-order valence-corrected chi connectivity index (χ1v) is 5.41. The molecule has 4 heteroatoms. The fourth-order valence-corrected chi connectivity index (χ4v) is 2.03. The van der Waals surface area contributed by atoms with Gasteiger partial charge in [0.15, 0.2) is 0 Å². The Bertz CT molecular complexity index is 209. The van der Waals surface area contributed by atoms with Gasteiger partial charge in [-0.05, 0) is 5.41 Å². The van der Waals surface area contributed by atoms with Crippen LogP contribution in [-0.4, -0.2) is 46.3 Å². The number of aliphatic hydroxyl groups is 3. The molecule has 0 aromatic heterocycles. The molecule has 15 heavy (non-hydrogen) atoms. The standard InChI is InChI=1S/C11H22O4/c1-6-8(13)7(5-12)15-10(9(6)14)11(2,3)4/h6-10,12-14H,5H2,1-4H3/t6-,7+,8-,9+,10+/m0/s1. The summed E-state index contributed by atoms with van der Waals surface area (Å²) in [4.78, 5) is 0. The van der Waals surface area contributed by atoms with Crippen LogP contribution < -0.4 is 0 Å². The highest BCUT2D eigenvalue weighted by Crippen LogP contribution is 2.35. The van der Waals surface area contributed by atoms with Crippen LogP contribution in [0.1, 0.15) is 27.7 Å². The molecule has 5 atom stereocenters. The van der Waals surface area contributed by atoms with Crippen molar-refractivity contribution >= 4 is 0 Å². The third-order valence-corrected chi connectivity index (χ3v) is 3.12. The first-order chi connectivity index (χ1) is 6.79. The summed E-state index contributed by atoms with van der Waals surface area (Å²) < 4.78 is 5.54. The summed E-state index contributed by atoms with van der Waals surface area (Å²) in [5.41, 5.74) is -0.207. The molecule has 4 nitrogen and oxygen atoms in total. The molecule has 1 heterocycles. The summed E-state index contributed by atoms with van der Waals surface area (Å²) in [6, 6.07) is 0. The van der Waals surface area contributed by atoms with Crippen LogP contribution in [-0.2, 0) is 4.74 Å². The van der Waals surface area contributed by atoms with E-state index >= 15 is 0 Å². The molecular weight excluding hydrogens is 196 g/mol. The number of hydrogen-bond acceptors (Lipinski definition) is 4. The minimum absolute atomic E-state index is 0.207. The van der Waals surface area contributed by atoms with E-state index in [0.717, 1.165) is 0 Å². The van der Waals surface area contributed by atoms with Crippen molar-refractivity contribution in [3.63, 3.8) is 0 Å². The lowest BCUT2D eigenvalue weighted by molar-refractivity contribution is -0.230. The maximum absolute atomic E-state index is 9.99. The third kappa shape index (κ3) is 2.50. The van der Waals surface area contributed by atoms with Crippen LogP contribution in [0.3, 0.4) is 0 Å². The summed E-state index contributed by atoms with van der Waals surface area (Å²) in [5, 5.41) is 28.8. The highest BCUT2D eigenvalue weighted by atomic mass is 16.5. The summed E-state index contributed by atoms with van der Waals surface area (Å²) in [5.74, 6) is -0.278. The van der Waals surface area contributed by atoms with Crippen LogP contribution in [0.25, 0.3) is 0 Å². The molecule has 1 saturated heterocycles. The van der Waals surface area contributed by atoms with E-state index in [1.54, 1.807) is 6.92 Å². The first kappa shape index (κ1) is 12.9. The minimum atomic E-state index is -0.802. The average molecular weight is 218 g/mol. The van der Waals surface area contributed by atoms with Gasteiger partial charge in [0.25, 0.3) is 0 Å². The topological polar surface area (TPSA) is 69.9 Å². The lowest BCUT2D eigenvalue weighted by Crippen LogP contribution is -2.58. The second-order valence-electron chi connectivity index (χ2n) is 5.48. The van der Waals surface area contributed by atoms with E-state index in [1.165, 1.54) is 0 Å². The van der Waals surface area contributed by atoms with Gasteiger partial charge in [-0.1, -0.05) is 27.7 Å². The highest BCUT2D eigenvalue weighted by molar-refractivity contribution is 4.94. The maximum atomic E-state index is 9.99. The van der Waals surface area contributed by atoms with Crippen molar-refractivity contribution in [1.29, 1.82) is 0 Å². The van der Waals surface area contributed by atoms with Crippen LogP contribution >= 0.6 is 0 Å². The van der Waals surface area contributed by atoms with Gasteiger partial charge in [0, 0.05) is 5.92 Å². The Morgan fingerprint density at radius 3 is 2.07 bits per heavy atom. The van der Waals surface area contributed by atoms with Gasteiger partial charge >= 0.3 is 0 Å². The molecule has 0 spiro atoms. The first-order valence-electron chi connectivity index (χ1n) is 5.41. The molecule has 3 N–H and O–H groups in total. The fourth-order valence-electron chi connectivity index (χ4n) is 2.03. The Morgan fingerprint density at radius 1 is 1.13 bits per heavy atom. The molecule has 0 saturated carbocycles. The minimum Gasteiger partial charge on any atom is -0.394 e. The molecule has 0 amide bonds. The van der Waals surface area contributed by atoms with E-state index in [9.17, 15) is 10.2 Å². The lowest BCUT2D eigenvalue weighted by Gasteiger charge is -2.46. The van der Waals surface area contributed by atoms with Crippen LogP contribution in [0.2, 0.25) is 0 Å². The van der Waals surface area contributed by atoms with Crippen molar-refractivity contribution in [2.45, 2.75) is 52.1 Å². The van der Waals surface area contributed by atoms with Crippen LogP contribution in [0, 0.1) is 11.3 Å². The smallest absolute Gasteiger partial charge is 0.107 e. The van der Waals surface area contributed by atoms with Gasteiger partial charge in [0.2, 0.25) is 0 Å². The van der Waals surface area contributed by atoms with Crippen LogP contribution in [0.4, 0.5) is 0 Å². The van der Waals surface area contributed by atoms with Gasteiger partial charge in [-0.25, -0.2) is 0 Å². The number of hydrogen-bond donors (Lipinski definition) is 3. The summed E-state index contributed by atoms with van der Waals surface area (Å²) in [7, 11) is 0. The zero-order valence-electron chi connectivity index (χ0n) is 9.84. The Hall–Kier alpha value is -0.160. The van der Waals surface area contributed by atoms with E-state index in [-0.39, 0.29) is 24.0 Å². The van der Waals surface area contributed by atoms with E-state index in [0.29, 0.717) is 0 Å². The second-order valence-corrected chi connectivity index (χ2v) is 5.48. The quantitative estimate of drug-likeness (QED) is 0.586. The maximum Gasteiger partial charge on any atom is 0.107 e.